The molecule has 147 heavy (non-hydrogen) atoms. The third kappa shape index (κ3) is 22.4. The molecular formula is C147H254. The van der Waals surface area contributed by atoms with Gasteiger partial charge in [-0.1, -0.05) is 351 Å². The fourth-order valence-electron chi connectivity index (χ4n) is 47.2. The maximum absolute atomic E-state index is 2.76. The van der Waals surface area contributed by atoms with Gasteiger partial charge in [0.25, 0.3) is 0 Å². The average molecular weight is 2020 g/mol. The van der Waals surface area contributed by atoms with Crippen molar-refractivity contribution in [3.63, 3.8) is 0 Å². The third-order valence-electron chi connectivity index (χ3n) is 57.1. The molecular weight excluding hydrogens is 1770 g/mol. The monoisotopic (exact) mass is 2020 g/mol. The molecule has 842 valence electrons. The van der Waals surface area contributed by atoms with Crippen LogP contribution in [0.1, 0.15) is 589 Å². The first-order valence-electron chi connectivity index (χ1n) is 67.7. The first kappa shape index (κ1) is 118. The summed E-state index contributed by atoms with van der Waals surface area (Å²) in [5.74, 6) is 34.2. The SMILES string of the molecule is CC(C)=CCC[C@@H](C)[C@H]1CC[C@@]2(C)C3=C(CC[C@]12C)[C@@]1(C)CC[C@H](C)C(C)(C)C1CC3.CC(C)CCC[C@@H](C)C1CC[C@H]2[C@@H]3CC[C@H]4CC(C)CC[C@]4(C)[C@H]3CC[C@]12C.CC(C)CCC[C@@H](C)[C@H]1CC[C@H]2[C@@H]3CC[C@H]4C[C@@H](C)CC[C@]4(C)[C@H]3CC[C@]12C.CC[C@H](/C=C/[C@@H](C)[C@H]1CC[C@H]2C3CC=C4C[C@@H](C)CC[C@]4(C)[C@H]3CC[C@]12C)C(C)C.CC[C@H](CC[C@@H](C)[C@H]1CC[C@H]2[C@@H]3CC=C4C[C@@H](C)CC[C@]4(C)[C@H]3CC[C@]12C)C(C)C. The molecule has 0 bridgehead atoms. The lowest BCUT2D eigenvalue weighted by atomic mass is 9.42. The van der Waals surface area contributed by atoms with E-state index < -0.39 is 0 Å². The summed E-state index contributed by atoms with van der Waals surface area (Å²) >= 11 is 0. The fourth-order valence-corrected chi connectivity index (χ4v) is 47.2. The van der Waals surface area contributed by atoms with Crippen molar-refractivity contribution in [2.75, 3.05) is 0 Å². The van der Waals surface area contributed by atoms with Crippen LogP contribution in [-0.2, 0) is 0 Å². The van der Waals surface area contributed by atoms with Crippen molar-refractivity contribution in [2.24, 2.45) is 278 Å². The predicted molar refractivity (Wildman–Crippen MR) is 643 cm³/mol. The highest BCUT2D eigenvalue weighted by molar-refractivity contribution is 5.39. The Hall–Kier alpha value is -1.30. The highest BCUT2D eigenvalue weighted by Gasteiger charge is 2.68. The van der Waals surface area contributed by atoms with Gasteiger partial charge in [-0.25, -0.2) is 0 Å². The van der Waals surface area contributed by atoms with Crippen molar-refractivity contribution in [2.45, 2.75) is 589 Å². The van der Waals surface area contributed by atoms with Gasteiger partial charge in [0, 0.05) is 0 Å². The van der Waals surface area contributed by atoms with Crippen LogP contribution in [0.5, 0.6) is 0 Å². The van der Waals surface area contributed by atoms with Crippen LogP contribution in [0.15, 0.2) is 58.2 Å². The van der Waals surface area contributed by atoms with Crippen LogP contribution >= 0.6 is 0 Å². The number of hydrogen-bond donors (Lipinski definition) is 0. The summed E-state index contributed by atoms with van der Waals surface area (Å²) in [7, 11) is 0. The Labute approximate surface area is 918 Å². The first-order valence-corrected chi connectivity index (χ1v) is 67.7. The molecule has 0 spiro atoms. The molecule has 43 atom stereocenters. The molecule has 20 rings (SSSR count). The Kier molecular flexibility index (Phi) is 37.6. The maximum Gasteiger partial charge on any atom is -0.00568 e. The van der Waals surface area contributed by atoms with E-state index in [0.717, 1.165) is 213 Å². The summed E-state index contributed by atoms with van der Waals surface area (Å²) in [6, 6.07) is 0. The lowest BCUT2D eigenvalue weighted by Crippen LogP contribution is -2.53. The molecule has 0 aliphatic heterocycles. The minimum Gasteiger partial charge on any atom is -0.0859 e. The molecule has 0 saturated heterocycles. The summed E-state index contributed by atoms with van der Waals surface area (Å²) in [4.78, 5) is 0. The number of fused-ring (bicyclic) bond motifs is 24. The van der Waals surface area contributed by atoms with Crippen molar-refractivity contribution >= 4 is 0 Å². The van der Waals surface area contributed by atoms with Gasteiger partial charge in [-0.3, -0.25) is 0 Å². The molecule has 0 amide bonds. The molecule has 0 heteroatoms. The highest BCUT2D eigenvalue weighted by atomic mass is 14.7. The van der Waals surface area contributed by atoms with Gasteiger partial charge in [-0.15, -0.1) is 0 Å². The van der Waals surface area contributed by atoms with Gasteiger partial charge in [-0.05, 0) is 574 Å². The van der Waals surface area contributed by atoms with Crippen LogP contribution in [0.2, 0.25) is 0 Å². The standard InChI is InChI=1S/C31H52.C30H52.C30H50.2C28H50/c1-21(2)11-10-12-22(3)24-16-19-31(9)26-13-14-27-28(5,6)23(4)15-18-29(27,7)25(26)17-20-30(24,31)8;2*1-8-23(20(2)3)10-9-22(5)26-13-14-27-25-12-11-24-19-21(4)15-17-29(24,6)28(25)16-18-30(26,27)7;2*1-19(2)8-7-9-21(4)24-12-13-25-23-11-10-22-18-20(3)14-16-27(22,5)26(23)15-17-28(24,25)6/h11,22-24,27H,10,12-20H2,1-9H3;11,20-23,25-28H,8-10,12-19H2,1-7H3;9-11,20-23,25-28H,8,12-19H2,1-7H3;2*19-26H,7-18H2,1-6H3/b;;10-9+;;/t22-,23+,24-,27?,29-,30-,31+;21-,22+,23+,25-,26+,27-,28-,29-,30+;21-,22+,23+,25?,26+,27-,28-,29-,30+;20?,21-,22+,23+,24?,25+,26+,27+,28-;20-,21+,22-,23-,24+,25-,26-,27-,28+/m10010/s1. The molecule has 0 aromatic heterocycles. The largest absolute Gasteiger partial charge is 0.0859 e. The van der Waals surface area contributed by atoms with E-state index >= 15 is 0 Å². The quantitative estimate of drug-likeness (QED) is 0.0799. The normalized spacial score (nSPS) is 46.8. The number of allylic oxidation sites excluding steroid dienone is 10. The van der Waals surface area contributed by atoms with Gasteiger partial charge in [0.15, 0.2) is 0 Å². The van der Waals surface area contributed by atoms with Gasteiger partial charge in [0.1, 0.15) is 0 Å². The van der Waals surface area contributed by atoms with Crippen molar-refractivity contribution in [3.8, 4) is 0 Å². The van der Waals surface area contributed by atoms with E-state index in [1.807, 2.05) is 22.3 Å². The average Bonchev–Trinajstić information content (AvgIpc) is 1.58. The van der Waals surface area contributed by atoms with Crippen molar-refractivity contribution in [1.82, 2.24) is 0 Å². The minimum atomic E-state index is 0.456. The second-order valence-electron chi connectivity index (χ2n) is 66.3. The van der Waals surface area contributed by atoms with Gasteiger partial charge < -0.3 is 0 Å². The summed E-state index contributed by atoms with van der Waals surface area (Å²) in [5, 5.41) is 0. The van der Waals surface area contributed by atoms with Crippen molar-refractivity contribution in [1.29, 1.82) is 0 Å². The summed E-state index contributed by atoms with van der Waals surface area (Å²) < 4.78 is 0. The van der Waals surface area contributed by atoms with Gasteiger partial charge in [0.05, 0.1) is 0 Å². The van der Waals surface area contributed by atoms with E-state index in [2.05, 4.69) is 273 Å². The Morgan fingerprint density at radius 2 is 0.748 bits per heavy atom. The van der Waals surface area contributed by atoms with Gasteiger partial charge >= 0.3 is 0 Å². The Balaban J connectivity index is 0.000000131. The fraction of sp³-hybridized carbons (Fsp3) is 0.932. The molecule has 0 heterocycles. The molecule has 4 unspecified atom stereocenters. The van der Waals surface area contributed by atoms with E-state index in [1.165, 1.54) is 262 Å². The van der Waals surface area contributed by atoms with E-state index in [0.29, 0.717) is 65.0 Å². The number of rotatable bonds is 25. The van der Waals surface area contributed by atoms with Crippen LogP contribution in [0.25, 0.3) is 0 Å². The Morgan fingerprint density at radius 3 is 1.19 bits per heavy atom. The zero-order valence-corrected chi connectivity index (χ0v) is 105. The van der Waals surface area contributed by atoms with Crippen LogP contribution in [0, 0.1) is 278 Å². The Bertz CT molecular complexity index is 4300. The lowest BCUT2D eigenvalue weighted by Gasteiger charge is -2.62. The predicted octanol–water partition coefficient (Wildman–Crippen LogP) is 45.6. The van der Waals surface area contributed by atoms with Crippen LogP contribution in [-0.4, -0.2) is 0 Å². The summed E-state index contributed by atoms with van der Waals surface area (Å²) in [6.07, 6.45) is 93.0. The van der Waals surface area contributed by atoms with E-state index in [-0.39, 0.29) is 0 Å². The van der Waals surface area contributed by atoms with Crippen LogP contribution in [0.3, 0.4) is 0 Å². The number of hydrogen-bond acceptors (Lipinski definition) is 0. The first-order chi connectivity index (χ1) is 69.3. The van der Waals surface area contributed by atoms with Crippen LogP contribution in [0.4, 0.5) is 0 Å². The zero-order chi connectivity index (χ0) is 106. The summed E-state index contributed by atoms with van der Waals surface area (Å²) in [6.45, 7) is 89.0. The molecule has 0 aromatic carbocycles. The topological polar surface area (TPSA) is 0 Å². The van der Waals surface area contributed by atoms with E-state index in [4.69, 9.17) is 0 Å². The molecule has 20 aliphatic carbocycles. The highest BCUT2D eigenvalue weighted by Crippen LogP contribution is 2.78. The van der Waals surface area contributed by atoms with Crippen LogP contribution < -0.4 is 0 Å². The second kappa shape index (κ2) is 46.8. The smallest absolute Gasteiger partial charge is 0.00568 e. The van der Waals surface area contributed by atoms with Gasteiger partial charge in [-0.2, -0.15) is 0 Å². The minimum absolute atomic E-state index is 0.456. The zero-order valence-electron chi connectivity index (χ0n) is 105. The molecule has 20 aliphatic rings. The molecule has 16 saturated carbocycles. The maximum atomic E-state index is 2.76. The van der Waals surface area contributed by atoms with E-state index in [9.17, 15) is 0 Å². The molecule has 0 aromatic rings. The van der Waals surface area contributed by atoms with E-state index in [1.54, 1.807) is 89.9 Å². The molecule has 0 radical (unpaired) electrons. The third-order valence-corrected chi connectivity index (χ3v) is 57.1. The van der Waals surface area contributed by atoms with Crippen molar-refractivity contribution in [3.05, 3.63) is 58.2 Å². The second-order valence-corrected chi connectivity index (χ2v) is 66.3. The van der Waals surface area contributed by atoms with Gasteiger partial charge in [0.2, 0.25) is 0 Å². The Morgan fingerprint density at radius 1 is 0.333 bits per heavy atom. The summed E-state index contributed by atoms with van der Waals surface area (Å²) in [5.41, 5.74) is 16.1. The molecule has 16 fully saturated rings. The molecule has 0 nitrogen and oxygen atoms in total. The lowest BCUT2D eigenvalue weighted by molar-refractivity contribution is -0.120. The van der Waals surface area contributed by atoms with Crippen molar-refractivity contribution < 1.29 is 0 Å². The molecule has 0 N–H and O–H groups in total.